The number of methoxy groups -OCH3 is 2. The van der Waals surface area contributed by atoms with Crippen molar-refractivity contribution in [3.63, 3.8) is 0 Å². The van der Waals surface area contributed by atoms with Gasteiger partial charge in [-0.2, -0.15) is 5.10 Å². The third-order valence-electron chi connectivity index (χ3n) is 5.03. The van der Waals surface area contributed by atoms with Gasteiger partial charge >= 0.3 is 6.09 Å². The number of carbonyl (C=O) groups is 2. The van der Waals surface area contributed by atoms with Gasteiger partial charge in [-0.3, -0.25) is 4.79 Å². The number of hydrogen-bond donors (Lipinski definition) is 2. The highest BCUT2D eigenvalue weighted by Gasteiger charge is 2.33. The minimum Gasteiger partial charge on any atom is -0.497 e. The Morgan fingerprint density at radius 2 is 1.76 bits per heavy atom. The van der Waals surface area contributed by atoms with Crippen LogP contribution in [0.1, 0.15) is 54.8 Å². The SMILES string of the molecule is COc1cc(C#Cc2nn([C@H]3CCN(C(=O)OC(C)(C)C)C3)c(N)c2C(N)=O)cc(OC)c1. The van der Waals surface area contributed by atoms with Gasteiger partial charge in [-0.05, 0) is 45.2 Å². The summed E-state index contributed by atoms with van der Waals surface area (Å²) in [6.07, 6.45) is 0.196. The summed E-state index contributed by atoms with van der Waals surface area (Å²) in [5.74, 6) is 6.38. The number of nitrogens with two attached hydrogens (primary N) is 2. The first kappa shape index (κ1) is 23.8. The molecule has 0 saturated carbocycles. The van der Waals surface area contributed by atoms with E-state index in [9.17, 15) is 9.59 Å². The molecule has 2 heterocycles. The molecule has 0 bridgehead atoms. The van der Waals surface area contributed by atoms with Crippen molar-refractivity contribution in [1.82, 2.24) is 14.7 Å². The van der Waals surface area contributed by atoms with Crippen LogP contribution >= 0.6 is 0 Å². The first-order valence-corrected chi connectivity index (χ1v) is 10.4. The summed E-state index contributed by atoms with van der Waals surface area (Å²) in [4.78, 5) is 26.1. The second kappa shape index (κ2) is 9.32. The largest absolute Gasteiger partial charge is 0.497 e. The number of amides is 2. The van der Waals surface area contributed by atoms with Crippen LogP contribution in [0.3, 0.4) is 0 Å². The van der Waals surface area contributed by atoms with Crippen LogP contribution < -0.4 is 20.9 Å². The molecule has 1 atom stereocenters. The Kier molecular flexibility index (Phi) is 6.72. The Bertz CT molecular complexity index is 1100. The lowest BCUT2D eigenvalue weighted by molar-refractivity contribution is 0.0288. The fraction of sp³-hybridized carbons (Fsp3) is 0.435. The number of nitrogen functional groups attached to an aromatic ring is 1. The highest BCUT2D eigenvalue weighted by Crippen LogP contribution is 2.28. The lowest BCUT2D eigenvalue weighted by atomic mass is 10.1. The van der Waals surface area contributed by atoms with Gasteiger partial charge in [-0.15, -0.1) is 0 Å². The summed E-state index contributed by atoms with van der Waals surface area (Å²) in [6.45, 7) is 6.26. The van der Waals surface area contributed by atoms with Gasteiger partial charge in [0, 0.05) is 24.7 Å². The smallest absolute Gasteiger partial charge is 0.410 e. The molecule has 10 nitrogen and oxygen atoms in total. The van der Waals surface area contributed by atoms with Crippen molar-refractivity contribution in [1.29, 1.82) is 0 Å². The molecule has 0 aliphatic carbocycles. The van der Waals surface area contributed by atoms with E-state index < -0.39 is 17.6 Å². The minimum absolute atomic E-state index is 0.0491. The number of hydrogen-bond acceptors (Lipinski definition) is 7. The van der Waals surface area contributed by atoms with Gasteiger partial charge in [0.1, 0.15) is 28.5 Å². The van der Waals surface area contributed by atoms with E-state index in [2.05, 4.69) is 16.9 Å². The molecule has 33 heavy (non-hydrogen) atoms. The Morgan fingerprint density at radius 3 is 2.30 bits per heavy atom. The molecule has 3 rings (SSSR count). The number of anilines is 1. The number of benzene rings is 1. The van der Waals surface area contributed by atoms with Crippen molar-refractivity contribution in [3.8, 4) is 23.3 Å². The summed E-state index contributed by atoms with van der Waals surface area (Å²) >= 11 is 0. The highest BCUT2D eigenvalue weighted by atomic mass is 16.6. The molecular weight excluding hydrogens is 426 g/mol. The van der Waals surface area contributed by atoms with Gasteiger partial charge < -0.3 is 30.6 Å². The number of likely N-dealkylation sites (tertiary alicyclic amines) is 1. The fourth-order valence-corrected chi connectivity index (χ4v) is 3.50. The summed E-state index contributed by atoms with van der Waals surface area (Å²) in [5, 5.41) is 4.46. The molecule has 1 aliphatic heterocycles. The van der Waals surface area contributed by atoms with Gasteiger partial charge in [0.25, 0.3) is 5.91 Å². The number of rotatable bonds is 4. The van der Waals surface area contributed by atoms with Crippen LogP contribution in [0.4, 0.5) is 10.6 Å². The number of carbonyl (C=O) groups excluding carboxylic acids is 2. The Hall–Kier alpha value is -3.87. The van der Waals surface area contributed by atoms with Crippen molar-refractivity contribution in [3.05, 3.63) is 35.0 Å². The van der Waals surface area contributed by atoms with E-state index in [0.29, 0.717) is 36.6 Å². The maximum Gasteiger partial charge on any atom is 0.410 e. The van der Waals surface area contributed by atoms with Crippen LogP contribution in [-0.2, 0) is 4.74 Å². The lowest BCUT2D eigenvalue weighted by Crippen LogP contribution is -2.35. The zero-order valence-corrected chi connectivity index (χ0v) is 19.5. The Morgan fingerprint density at radius 1 is 1.12 bits per heavy atom. The molecule has 1 saturated heterocycles. The summed E-state index contributed by atoms with van der Waals surface area (Å²) < 4.78 is 17.5. The second-order valence-electron chi connectivity index (χ2n) is 8.64. The predicted octanol–water partition coefficient (Wildman–Crippen LogP) is 2.16. The number of ether oxygens (including phenoxy) is 3. The average molecular weight is 456 g/mol. The molecule has 10 heteroatoms. The van der Waals surface area contributed by atoms with Crippen molar-refractivity contribution in [2.24, 2.45) is 5.73 Å². The van der Waals surface area contributed by atoms with Gasteiger partial charge in [-0.25, -0.2) is 9.48 Å². The molecule has 1 aromatic heterocycles. The van der Waals surface area contributed by atoms with Crippen molar-refractivity contribution < 1.29 is 23.8 Å². The van der Waals surface area contributed by atoms with Crippen LogP contribution in [0.2, 0.25) is 0 Å². The van der Waals surface area contributed by atoms with E-state index in [4.69, 9.17) is 25.7 Å². The third kappa shape index (κ3) is 5.49. The van der Waals surface area contributed by atoms with Crippen molar-refractivity contribution in [2.45, 2.75) is 38.8 Å². The quantitative estimate of drug-likeness (QED) is 0.675. The molecule has 0 unspecified atom stereocenters. The number of aromatic nitrogens is 2. The minimum atomic E-state index is -0.728. The molecule has 176 valence electrons. The Balaban J connectivity index is 1.90. The summed E-state index contributed by atoms with van der Waals surface area (Å²) in [6, 6.07) is 4.96. The summed E-state index contributed by atoms with van der Waals surface area (Å²) in [5.41, 5.74) is 12.0. The zero-order valence-electron chi connectivity index (χ0n) is 19.5. The highest BCUT2D eigenvalue weighted by molar-refractivity contribution is 5.99. The maximum atomic E-state index is 12.4. The molecule has 1 aliphatic rings. The second-order valence-corrected chi connectivity index (χ2v) is 8.64. The normalized spacial score (nSPS) is 15.5. The summed E-state index contributed by atoms with van der Waals surface area (Å²) in [7, 11) is 3.09. The van der Waals surface area contributed by atoms with E-state index in [1.165, 1.54) is 4.68 Å². The monoisotopic (exact) mass is 455 g/mol. The van der Waals surface area contributed by atoms with Gasteiger partial charge in [0.2, 0.25) is 0 Å². The van der Waals surface area contributed by atoms with E-state index in [1.807, 2.05) is 20.8 Å². The van der Waals surface area contributed by atoms with Crippen molar-refractivity contribution >= 4 is 17.8 Å². The maximum absolute atomic E-state index is 12.4. The van der Waals surface area contributed by atoms with E-state index in [1.54, 1.807) is 37.3 Å². The van der Waals surface area contributed by atoms with Crippen LogP contribution in [-0.4, -0.2) is 59.6 Å². The van der Waals surface area contributed by atoms with E-state index >= 15 is 0 Å². The van der Waals surface area contributed by atoms with Crippen LogP contribution in [0.15, 0.2) is 18.2 Å². The average Bonchev–Trinajstić information content (AvgIpc) is 3.35. The zero-order chi connectivity index (χ0) is 24.3. The molecule has 1 aromatic carbocycles. The van der Waals surface area contributed by atoms with Crippen molar-refractivity contribution in [2.75, 3.05) is 33.0 Å². The molecule has 0 spiro atoms. The standard InChI is InChI=1S/C23H29N5O5/c1-23(2,3)33-22(30)27-9-8-15(13-27)28-20(24)19(21(25)29)18(26-28)7-6-14-10-16(31-4)12-17(11-14)32-5/h10-12,15H,8-9,13,24H2,1-5H3,(H2,25,29)/t15-/m0/s1. The first-order chi connectivity index (χ1) is 15.5. The predicted molar refractivity (Wildman–Crippen MR) is 122 cm³/mol. The van der Waals surface area contributed by atoms with Crippen LogP contribution in [0.5, 0.6) is 11.5 Å². The molecule has 2 amide bonds. The topological polar surface area (TPSA) is 135 Å². The van der Waals surface area contributed by atoms with Gasteiger partial charge in [0.05, 0.1) is 20.3 Å². The van der Waals surface area contributed by atoms with E-state index in [0.717, 1.165) is 0 Å². The van der Waals surface area contributed by atoms with E-state index in [-0.39, 0.29) is 23.1 Å². The Labute approximate surface area is 192 Å². The van der Waals surface area contributed by atoms with Gasteiger partial charge in [0.15, 0.2) is 5.69 Å². The van der Waals surface area contributed by atoms with Crippen LogP contribution in [0.25, 0.3) is 0 Å². The van der Waals surface area contributed by atoms with Crippen LogP contribution in [0, 0.1) is 11.8 Å². The molecular formula is C23H29N5O5. The third-order valence-corrected chi connectivity index (χ3v) is 5.03. The molecule has 1 fully saturated rings. The lowest BCUT2D eigenvalue weighted by Gasteiger charge is -2.24. The molecule has 0 radical (unpaired) electrons. The number of nitrogens with zero attached hydrogens (tertiary/aromatic N) is 3. The van der Waals surface area contributed by atoms with Gasteiger partial charge in [-0.1, -0.05) is 5.92 Å². The molecule has 2 aromatic rings. The molecule has 4 N–H and O–H groups in total. The fourth-order valence-electron chi connectivity index (χ4n) is 3.50. The number of primary amides is 1. The first-order valence-electron chi connectivity index (χ1n) is 10.4.